The molecule has 23 heavy (non-hydrogen) atoms. The van der Waals surface area contributed by atoms with E-state index in [1.165, 1.54) is 18.2 Å². The predicted octanol–water partition coefficient (Wildman–Crippen LogP) is 3.74. The van der Waals surface area contributed by atoms with Crippen LogP contribution in [-0.2, 0) is 0 Å². The highest BCUT2D eigenvalue weighted by molar-refractivity contribution is 6.01. The molecule has 0 aliphatic carbocycles. The number of halogens is 1. The molecule has 0 bridgehead atoms. The Morgan fingerprint density at radius 2 is 1.91 bits per heavy atom. The lowest BCUT2D eigenvalue weighted by Crippen LogP contribution is -2.13. The van der Waals surface area contributed by atoms with Crippen LogP contribution in [0, 0.1) is 19.7 Å². The maximum Gasteiger partial charge on any atom is 0.313 e. The molecule has 1 N–H and O–H groups in total. The van der Waals surface area contributed by atoms with Crippen molar-refractivity contribution in [3.8, 4) is 11.5 Å². The number of hydrogen-bond donors (Lipinski definition) is 1. The van der Waals surface area contributed by atoms with Crippen LogP contribution in [0.5, 0.6) is 0 Å². The normalized spacial score (nSPS) is 10.6. The van der Waals surface area contributed by atoms with E-state index in [4.69, 9.17) is 4.42 Å². The lowest BCUT2D eigenvalue weighted by Gasteiger charge is -2.08. The molecule has 3 rings (SSSR count). The van der Waals surface area contributed by atoms with E-state index in [1.807, 2.05) is 26.0 Å². The minimum Gasteiger partial charge on any atom is -0.412 e. The molecule has 0 saturated heterocycles. The van der Waals surface area contributed by atoms with Crippen molar-refractivity contribution in [3.05, 3.63) is 65.3 Å². The molecular weight excluding hydrogens is 297 g/mol. The Labute approximate surface area is 132 Å². The summed E-state index contributed by atoms with van der Waals surface area (Å²) in [6, 6.07) is 11.3. The summed E-state index contributed by atoms with van der Waals surface area (Å²) in [7, 11) is 0. The van der Waals surface area contributed by atoms with Crippen LogP contribution in [0.4, 0.5) is 10.1 Å². The average Bonchev–Trinajstić information content (AvgIpc) is 3.02. The van der Waals surface area contributed by atoms with Crippen LogP contribution >= 0.6 is 0 Å². The van der Waals surface area contributed by atoms with Crippen molar-refractivity contribution in [1.82, 2.24) is 10.2 Å². The lowest BCUT2D eigenvalue weighted by atomic mass is 10.1. The van der Waals surface area contributed by atoms with Crippen LogP contribution in [0.2, 0.25) is 0 Å². The van der Waals surface area contributed by atoms with Gasteiger partial charge in [-0.2, -0.15) is 0 Å². The number of aromatic nitrogens is 2. The van der Waals surface area contributed by atoms with Crippen LogP contribution in [0.25, 0.3) is 11.5 Å². The second-order valence-corrected chi connectivity index (χ2v) is 5.12. The molecule has 0 aliphatic rings. The minimum atomic E-state index is -0.506. The van der Waals surface area contributed by atoms with Crippen LogP contribution < -0.4 is 5.32 Å². The molecule has 3 aromatic rings. The fourth-order valence-corrected chi connectivity index (χ4v) is 2.12. The van der Waals surface area contributed by atoms with Gasteiger partial charge in [0.1, 0.15) is 5.82 Å². The zero-order valence-corrected chi connectivity index (χ0v) is 12.6. The van der Waals surface area contributed by atoms with Crippen molar-refractivity contribution in [1.29, 1.82) is 0 Å². The monoisotopic (exact) mass is 311 g/mol. The molecule has 0 saturated carbocycles. The third-order valence-electron chi connectivity index (χ3n) is 3.54. The fourth-order valence-electron chi connectivity index (χ4n) is 2.12. The van der Waals surface area contributed by atoms with Crippen LogP contribution in [-0.4, -0.2) is 16.1 Å². The van der Waals surface area contributed by atoms with Crippen molar-refractivity contribution in [2.45, 2.75) is 13.8 Å². The van der Waals surface area contributed by atoms with Crippen molar-refractivity contribution in [3.63, 3.8) is 0 Å². The van der Waals surface area contributed by atoms with Crippen LogP contribution in [0.15, 0.2) is 46.9 Å². The Bertz CT molecular complexity index is 874. The number of rotatable bonds is 3. The molecule has 1 aromatic heterocycles. The number of amides is 1. The molecule has 1 heterocycles. The molecule has 5 nitrogen and oxygen atoms in total. The number of hydrogen-bond acceptors (Lipinski definition) is 4. The van der Waals surface area contributed by atoms with Gasteiger partial charge >= 0.3 is 11.8 Å². The third-order valence-corrected chi connectivity index (χ3v) is 3.54. The molecule has 0 atom stereocenters. The summed E-state index contributed by atoms with van der Waals surface area (Å²) < 4.78 is 18.5. The quantitative estimate of drug-likeness (QED) is 0.800. The second-order valence-electron chi connectivity index (χ2n) is 5.12. The first-order valence-corrected chi connectivity index (χ1v) is 7.01. The van der Waals surface area contributed by atoms with E-state index >= 15 is 0 Å². The van der Waals surface area contributed by atoms with E-state index < -0.39 is 11.7 Å². The van der Waals surface area contributed by atoms with E-state index in [0.29, 0.717) is 11.3 Å². The number of benzene rings is 2. The minimum absolute atomic E-state index is 0.0932. The molecule has 1 amide bonds. The van der Waals surface area contributed by atoms with E-state index in [-0.39, 0.29) is 11.8 Å². The molecule has 0 unspecified atom stereocenters. The van der Waals surface area contributed by atoms with Crippen molar-refractivity contribution < 1.29 is 13.6 Å². The number of aryl methyl sites for hydroxylation is 1. The van der Waals surface area contributed by atoms with Crippen LogP contribution in [0.3, 0.4) is 0 Å². The average molecular weight is 311 g/mol. The van der Waals surface area contributed by atoms with Gasteiger partial charge in [-0.15, -0.1) is 10.2 Å². The van der Waals surface area contributed by atoms with Gasteiger partial charge in [0.05, 0.1) is 0 Å². The SMILES string of the molecule is Cc1cccc(NC(=O)c2nnc(-c3cccc(F)c3)o2)c1C. The highest BCUT2D eigenvalue weighted by Crippen LogP contribution is 2.21. The van der Waals surface area contributed by atoms with Gasteiger partial charge in [0.15, 0.2) is 0 Å². The summed E-state index contributed by atoms with van der Waals surface area (Å²) >= 11 is 0. The molecule has 116 valence electrons. The van der Waals surface area contributed by atoms with Crippen molar-refractivity contribution in [2.24, 2.45) is 0 Å². The van der Waals surface area contributed by atoms with Gasteiger partial charge in [-0.3, -0.25) is 4.79 Å². The van der Waals surface area contributed by atoms with Gasteiger partial charge in [-0.25, -0.2) is 4.39 Å². The third kappa shape index (κ3) is 3.11. The summed E-state index contributed by atoms with van der Waals surface area (Å²) in [6.45, 7) is 3.87. The Hall–Kier alpha value is -3.02. The first-order valence-electron chi connectivity index (χ1n) is 7.01. The summed E-state index contributed by atoms with van der Waals surface area (Å²) in [5, 5.41) is 10.2. The van der Waals surface area contributed by atoms with Gasteiger partial charge in [0.25, 0.3) is 0 Å². The summed E-state index contributed by atoms with van der Waals surface area (Å²) in [4.78, 5) is 12.2. The number of nitrogens with zero attached hydrogens (tertiary/aromatic N) is 2. The molecule has 6 heteroatoms. The Balaban J connectivity index is 1.83. The molecule has 0 aliphatic heterocycles. The number of anilines is 1. The molecule has 0 fully saturated rings. The first kappa shape index (κ1) is 14.9. The first-order chi connectivity index (χ1) is 11.0. The van der Waals surface area contributed by atoms with E-state index in [1.54, 1.807) is 12.1 Å². The largest absolute Gasteiger partial charge is 0.412 e. The highest BCUT2D eigenvalue weighted by atomic mass is 19.1. The number of nitrogens with one attached hydrogen (secondary N) is 1. The molecular formula is C17H14FN3O2. The molecule has 0 spiro atoms. The maximum atomic E-state index is 13.2. The van der Waals surface area contributed by atoms with Gasteiger partial charge < -0.3 is 9.73 Å². The van der Waals surface area contributed by atoms with Gasteiger partial charge in [-0.05, 0) is 49.2 Å². The predicted molar refractivity (Wildman–Crippen MR) is 83.6 cm³/mol. The lowest BCUT2D eigenvalue weighted by molar-refractivity contribution is 0.0990. The summed E-state index contributed by atoms with van der Waals surface area (Å²) in [5.74, 6) is -1.00. The zero-order valence-electron chi connectivity index (χ0n) is 12.6. The van der Waals surface area contributed by atoms with Gasteiger partial charge in [0, 0.05) is 11.3 Å². The molecule has 0 radical (unpaired) electrons. The van der Waals surface area contributed by atoms with Gasteiger partial charge in [-0.1, -0.05) is 18.2 Å². The van der Waals surface area contributed by atoms with Gasteiger partial charge in [0.2, 0.25) is 5.89 Å². The highest BCUT2D eigenvalue weighted by Gasteiger charge is 2.17. The topological polar surface area (TPSA) is 68.0 Å². The number of carbonyl (C=O) groups is 1. The summed E-state index contributed by atoms with van der Waals surface area (Å²) in [5.41, 5.74) is 3.13. The van der Waals surface area contributed by atoms with Crippen LogP contribution in [0.1, 0.15) is 21.8 Å². The Morgan fingerprint density at radius 3 is 2.70 bits per heavy atom. The maximum absolute atomic E-state index is 13.2. The zero-order chi connectivity index (χ0) is 16.4. The second kappa shape index (κ2) is 6.00. The fraction of sp³-hybridized carbons (Fsp3) is 0.118. The van der Waals surface area contributed by atoms with E-state index in [0.717, 1.165) is 11.1 Å². The summed E-state index contributed by atoms with van der Waals surface area (Å²) in [6.07, 6.45) is 0. The standard InChI is InChI=1S/C17H14FN3O2/c1-10-5-3-8-14(11(10)2)19-15(22)17-21-20-16(23-17)12-6-4-7-13(18)9-12/h3-9H,1-2H3,(H,19,22). The number of carbonyl (C=O) groups excluding carboxylic acids is 1. The Kier molecular flexibility index (Phi) is 3.89. The Morgan fingerprint density at radius 1 is 1.13 bits per heavy atom. The van der Waals surface area contributed by atoms with Crippen molar-refractivity contribution in [2.75, 3.05) is 5.32 Å². The van der Waals surface area contributed by atoms with E-state index in [2.05, 4.69) is 15.5 Å². The molecule has 2 aromatic carbocycles. The smallest absolute Gasteiger partial charge is 0.313 e. The van der Waals surface area contributed by atoms with Crippen molar-refractivity contribution >= 4 is 11.6 Å². The van der Waals surface area contributed by atoms with E-state index in [9.17, 15) is 9.18 Å².